The molecule has 7 heteroatoms. The van der Waals surface area contributed by atoms with Gasteiger partial charge in [-0.1, -0.05) is 18.6 Å². The van der Waals surface area contributed by atoms with Gasteiger partial charge >= 0.3 is 0 Å². The highest BCUT2D eigenvalue weighted by atomic mass is 19.1. The molecule has 0 aliphatic heterocycles. The van der Waals surface area contributed by atoms with E-state index in [1.54, 1.807) is 13.8 Å². The number of ketones is 2. The molecule has 2 unspecified atom stereocenters. The van der Waals surface area contributed by atoms with Gasteiger partial charge in [0.15, 0.2) is 22.8 Å². The molecule has 0 aromatic heterocycles. The van der Waals surface area contributed by atoms with Gasteiger partial charge < -0.3 is 20.4 Å². The fraction of sp³-hybridized carbons (Fsp3) is 0.714. The number of carbonyl (C=O) groups is 2. The largest absolute Gasteiger partial charge is 0.390 e. The number of hydrogen-bond acceptors (Lipinski definition) is 6. The van der Waals surface area contributed by atoms with E-state index in [-0.39, 0.29) is 18.6 Å². The summed E-state index contributed by atoms with van der Waals surface area (Å²) >= 11 is 0. The summed E-state index contributed by atoms with van der Waals surface area (Å²) < 4.78 is 16.8. The molecule has 3 saturated carbocycles. The Bertz CT molecular complexity index is 807. The van der Waals surface area contributed by atoms with Gasteiger partial charge in [0.2, 0.25) is 0 Å². The Hall–Kier alpha value is -1.41. The van der Waals surface area contributed by atoms with E-state index in [9.17, 15) is 30.0 Å². The minimum absolute atomic E-state index is 0.0135. The third kappa shape index (κ3) is 2.01. The number of halogens is 1. The number of carbonyl (C=O) groups excluding carboxylic acids is 2. The normalized spacial score (nSPS) is 52.5. The van der Waals surface area contributed by atoms with Crippen LogP contribution in [0.25, 0.3) is 0 Å². The molecule has 28 heavy (non-hydrogen) atoms. The minimum atomic E-state index is -2.23. The average Bonchev–Trinajstić information content (AvgIpc) is 2.84. The van der Waals surface area contributed by atoms with Crippen molar-refractivity contribution in [2.75, 3.05) is 6.61 Å². The van der Waals surface area contributed by atoms with Gasteiger partial charge in [-0.05, 0) is 50.7 Å². The van der Waals surface area contributed by atoms with Gasteiger partial charge in [0, 0.05) is 16.7 Å². The number of aliphatic hydroxyl groups is 4. The van der Waals surface area contributed by atoms with Crippen LogP contribution in [0.15, 0.2) is 23.8 Å². The van der Waals surface area contributed by atoms with Gasteiger partial charge in [0.25, 0.3) is 0 Å². The average molecular weight is 394 g/mol. The third-order valence-electron chi connectivity index (χ3n) is 8.43. The van der Waals surface area contributed by atoms with E-state index in [0.717, 1.165) is 0 Å². The highest BCUT2D eigenvalue weighted by Gasteiger charge is 2.76. The van der Waals surface area contributed by atoms with Crippen LogP contribution in [0.1, 0.15) is 39.5 Å². The molecule has 0 saturated heterocycles. The number of alkyl halides is 1. The molecule has 4 N–H and O–H groups in total. The van der Waals surface area contributed by atoms with Crippen LogP contribution in [-0.4, -0.2) is 62.1 Å². The Morgan fingerprint density at radius 2 is 1.93 bits per heavy atom. The van der Waals surface area contributed by atoms with E-state index < -0.39 is 58.5 Å². The van der Waals surface area contributed by atoms with Crippen LogP contribution in [-0.2, 0) is 9.59 Å². The zero-order valence-electron chi connectivity index (χ0n) is 16.1. The molecular weight excluding hydrogens is 367 g/mol. The first-order valence-electron chi connectivity index (χ1n) is 9.82. The fourth-order valence-corrected chi connectivity index (χ4v) is 6.85. The minimum Gasteiger partial charge on any atom is -0.390 e. The van der Waals surface area contributed by atoms with Crippen molar-refractivity contribution in [3.63, 3.8) is 0 Å². The smallest absolute Gasteiger partial charge is 0.192 e. The van der Waals surface area contributed by atoms with Gasteiger partial charge in [0.05, 0.1) is 12.2 Å². The molecule has 4 rings (SSSR count). The highest BCUT2D eigenvalue weighted by molar-refractivity contribution is 6.01. The van der Waals surface area contributed by atoms with Crippen LogP contribution < -0.4 is 0 Å². The molecule has 4 aliphatic rings. The van der Waals surface area contributed by atoms with E-state index in [2.05, 4.69) is 0 Å². The number of hydrogen-bond donors (Lipinski definition) is 4. The molecule has 0 radical (unpaired) electrons. The number of Topliss-reactive ketones (excluding diaryl/α,β-unsaturated/α-hetero) is 1. The third-order valence-corrected chi connectivity index (χ3v) is 8.43. The van der Waals surface area contributed by atoms with Crippen molar-refractivity contribution in [3.8, 4) is 0 Å². The zero-order valence-corrected chi connectivity index (χ0v) is 16.1. The predicted octanol–water partition coefficient (Wildman–Crippen LogP) is 0.620. The summed E-state index contributed by atoms with van der Waals surface area (Å²) in [5.74, 6) is -2.38. The SMILES string of the molecule is C[C@]12C=CC(=O)C=C1CC[C@@H]1[C@@H]3CC(O)[C@](O)(C(=O)CO)[C@@]3(C)CC(O)[C@@]12F. The van der Waals surface area contributed by atoms with Crippen molar-refractivity contribution in [1.29, 1.82) is 0 Å². The highest BCUT2D eigenvalue weighted by Crippen LogP contribution is 2.69. The molecule has 154 valence electrons. The molecule has 0 aromatic rings. The van der Waals surface area contributed by atoms with Crippen molar-refractivity contribution in [2.24, 2.45) is 22.7 Å². The second kappa shape index (κ2) is 5.81. The van der Waals surface area contributed by atoms with Crippen molar-refractivity contribution in [3.05, 3.63) is 23.8 Å². The number of aliphatic hydroxyl groups excluding tert-OH is 3. The topological polar surface area (TPSA) is 115 Å². The van der Waals surface area contributed by atoms with Gasteiger partial charge in [0.1, 0.15) is 6.61 Å². The summed E-state index contributed by atoms with van der Waals surface area (Å²) in [6, 6.07) is 0. The maximum absolute atomic E-state index is 16.8. The first-order valence-corrected chi connectivity index (χ1v) is 9.82. The van der Waals surface area contributed by atoms with Crippen LogP contribution in [0, 0.1) is 22.7 Å². The monoisotopic (exact) mass is 394 g/mol. The van der Waals surface area contributed by atoms with Gasteiger partial charge in [-0.25, -0.2) is 4.39 Å². The lowest BCUT2D eigenvalue weighted by atomic mass is 9.44. The number of allylic oxidation sites excluding steroid dienone is 4. The molecule has 0 bridgehead atoms. The lowest BCUT2D eigenvalue weighted by molar-refractivity contribution is -0.222. The summed E-state index contributed by atoms with van der Waals surface area (Å²) in [5, 5.41) is 42.1. The maximum Gasteiger partial charge on any atom is 0.192 e. The first-order chi connectivity index (χ1) is 13.0. The molecule has 0 spiro atoms. The summed E-state index contributed by atoms with van der Waals surface area (Å²) in [4.78, 5) is 24.2. The second-order valence-electron chi connectivity index (χ2n) is 9.36. The van der Waals surface area contributed by atoms with Crippen LogP contribution in [0.2, 0.25) is 0 Å². The fourth-order valence-electron chi connectivity index (χ4n) is 6.85. The Morgan fingerprint density at radius 3 is 2.57 bits per heavy atom. The predicted molar refractivity (Wildman–Crippen MR) is 96.8 cm³/mol. The molecule has 3 fully saturated rings. The lowest BCUT2D eigenvalue weighted by Crippen LogP contribution is -2.69. The van der Waals surface area contributed by atoms with E-state index in [0.29, 0.717) is 18.4 Å². The standard InChI is InChI=1S/C21H27FO6/c1-18-6-5-12(24)7-11(18)3-4-13-14-8-15(25)21(28,17(27)10-23)19(14,2)9-16(26)20(13,18)22/h5-7,13-16,23,25-26,28H,3-4,8-10H2,1-2H3/t13-,14+,15?,16?,18+,19+,20+,21+/m1/s1. The van der Waals surface area contributed by atoms with Gasteiger partial charge in [-0.2, -0.15) is 0 Å². The number of rotatable bonds is 2. The van der Waals surface area contributed by atoms with Gasteiger partial charge in [-0.3, -0.25) is 9.59 Å². The van der Waals surface area contributed by atoms with Crippen molar-refractivity contribution < 1.29 is 34.4 Å². The first kappa shape index (κ1) is 19.9. The maximum atomic E-state index is 16.8. The Morgan fingerprint density at radius 1 is 1.25 bits per heavy atom. The molecule has 0 heterocycles. The molecule has 0 aromatic carbocycles. The summed E-state index contributed by atoms with van der Waals surface area (Å²) in [6.45, 7) is 2.33. The van der Waals surface area contributed by atoms with Crippen molar-refractivity contribution >= 4 is 11.6 Å². The summed E-state index contributed by atoms with van der Waals surface area (Å²) in [6.07, 6.45) is 1.93. The van der Waals surface area contributed by atoms with Crippen molar-refractivity contribution in [1.82, 2.24) is 0 Å². The van der Waals surface area contributed by atoms with Crippen LogP contribution in [0.4, 0.5) is 4.39 Å². The Kier molecular flexibility index (Phi) is 4.13. The lowest BCUT2D eigenvalue weighted by Gasteiger charge is -2.62. The van der Waals surface area contributed by atoms with E-state index in [4.69, 9.17) is 0 Å². The van der Waals surface area contributed by atoms with Crippen LogP contribution in [0.5, 0.6) is 0 Å². The quantitative estimate of drug-likeness (QED) is 0.546. The summed E-state index contributed by atoms with van der Waals surface area (Å²) in [7, 11) is 0. The molecule has 0 amide bonds. The molecule has 6 nitrogen and oxygen atoms in total. The van der Waals surface area contributed by atoms with Crippen LogP contribution >= 0.6 is 0 Å². The zero-order chi connectivity index (χ0) is 20.7. The van der Waals surface area contributed by atoms with Crippen LogP contribution in [0.3, 0.4) is 0 Å². The Labute approximate surface area is 162 Å². The van der Waals surface area contributed by atoms with E-state index >= 15 is 4.39 Å². The second-order valence-corrected chi connectivity index (χ2v) is 9.36. The van der Waals surface area contributed by atoms with E-state index in [1.165, 1.54) is 18.2 Å². The van der Waals surface area contributed by atoms with Crippen molar-refractivity contribution in [2.45, 2.75) is 63.0 Å². The Balaban J connectivity index is 1.84. The van der Waals surface area contributed by atoms with Gasteiger partial charge in [-0.15, -0.1) is 0 Å². The molecular formula is C21H27FO6. The van der Waals surface area contributed by atoms with E-state index in [1.807, 2.05) is 0 Å². The summed E-state index contributed by atoms with van der Waals surface area (Å²) in [5.41, 5.74) is -6.12. The molecule has 8 atom stereocenters. The number of fused-ring (bicyclic) bond motifs is 5. The molecule has 4 aliphatic carbocycles.